The zero-order valence-corrected chi connectivity index (χ0v) is 37.3. The second-order valence-corrected chi connectivity index (χ2v) is 18.6. The van der Waals surface area contributed by atoms with E-state index in [4.69, 9.17) is 10.2 Å². The van der Waals surface area contributed by atoms with Crippen LogP contribution in [0.3, 0.4) is 0 Å². The highest BCUT2D eigenvalue weighted by Crippen LogP contribution is 2.14. The van der Waals surface area contributed by atoms with Crippen molar-refractivity contribution in [2.24, 2.45) is 0 Å². The third-order valence-corrected chi connectivity index (χ3v) is 13.2. The van der Waals surface area contributed by atoms with Crippen molar-refractivity contribution < 1.29 is 10.2 Å². The van der Waals surface area contributed by atoms with Crippen LogP contribution in [0.4, 0.5) is 0 Å². The average Bonchev–Trinajstić information content (AvgIpc) is 3.31. The van der Waals surface area contributed by atoms with Crippen molar-refractivity contribution in [2.75, 3.05) is 0 Å². The van der Waals surface area contributed by atoms with Gasteiger partial charge in [-0.25, -0.2) is 0 Å². The molecular weight excluding hydrogens is 804 g/mol. The summed E-state index contributed by atoms with van der Waals surface area (Å²) in [5.74, 6) is 0.339. The Morgan fingerprint density at radius 3 is 0.400 bits per heavy atom. The van der Waals surface area contributed by atoms with Crippen LogP contribution in [0.1, 0.15) is 0 Å². The summed E-state index contributed by atoms with van der Waals surface area (Å²) >= 11 is 0. The highest BCUT2D eigenvalue weighted by atomic mass is 31.1. The van der Waals surface area contributed by atoms with Gasteiger partial charge in [0.05, 0.1) is 0 Å². The Bertz CT molecular complexity index is 1910. The van der Waals surface area contributed by atoms with Gasteiger partial charge in [-0.2, -0.15) is 0 Å². The molecule has 0 spiro atoms. The van der Waals surface area contributed by atoms with Gasteiger partial charge in [-0.3, -0.25) is 0 Å². The average molecular weight is 855 g/mol. The molecular formula is C54H50O2P4. The van der Waals surface area contributed by atoms with Crippen molar-refractivity contribution in [1.82, 2.24) is 0 Å². The summed E-state index contributed by atoms with van der Waals surface area (Å²) in [7, 11) is 3.11. The summed E-state index contributed by atoms with van der Waals surface area (Å²) < 4.78 is 0. The summed E-state index contributed by atoms with van der Waals surface area (Å²) in [6.07, 6.45) is 0. The molecule has 9 aromatic carbocycles. The van der Waals surface area contributed by atoms with E-state index in [1.54, 1.807) is 0 Å². The maximum absolute atomic E-state index is 8.65. The SMILES string of the molecule is Oc1ccc(O)cc1.c1ccc(Pc2ccccc2)cc1.c1ccc(Pc2ccccc2)cc1.c1ccc(Pc2ccccc2)cc1.c1ccc(Pc2ccccc2)cc1. The largest absolute Gasteiger partial charge is 0.508 e. The molecule has 0 atom stereocenters. The minimum Gasteiger partial charge on any atom is -0.508 e. The molecule has 0 bridgehead atoms. The Morgan fingerprint density at radius 1 is 0.167 bits per heavy atom. The van der Waals surface area contributed by atoms with Crippen molar-refractivity contribution in [3.8, 4) is 11.5 Å². The van der Waals surface area contributed by atoms with Crippen molar-refractivity contribution in [1.29, 1.82) is 0 Å². The molecule has 0 amide bonds. The van der Waals surface area contributed by atoms with Gasteiger partial charge in [0, 0.05) is 0 Å². The molecule has 60 heavy (non-hydrogen) atoms. The van der Waals surface area contributed by atoms with Crippen molar-refractivity contribution in [3.05, 3.63) is 267 Å². The number of hydrogen-bond acceptors (Lipinski definition) is 2. The van der Waals surface area contributed by atoms with Crippen LogP contribution in [0.5, 0.6) is 11.5 Å². The van der Waals surface area contributed by atoms with E-state index in [9.17, 15) is 0 Å². The molecule has 6 heteroatoms. The predicted molar refractivity (Wildman–Crippen MR) is 272 cm³/mol. The fourth-order valence-corrected chi connectivity index (χ4v) is 9.50. The second-order valence-electron chi connectivity index (χ2n) is 12.9. The van der Waals surface area contributed by atoms with Gasteiger partial charge in [-0.05, 0) is 66.7 Å². The van der Waals surface area contributed by atoms with Crippen molar-refractivity contribution in [3.63, 3.8) is 0 Å². The predicted octanol–water partition coefficient (Wildman–Crippen LogP) is 10.4. The highest BCUT2D eigenvalue weighted by Gasteiger charge is 1.95. The smallest absolute Gasteiger partial charge is 0.115 e. The van der Waals surface area contributed by atoms with Crippen LogP contribution < -0.4 is 42.4 Å². The Labute approximate surface area is 363 Å². The van der Waals surface area contributed by atoms with Crippen LogP contribution in [0, 0.1) is 0 Å². The number of phenolic OH excluding ortho intramolecular Hbond substituents is 2. The van der Waals surface area contributed by atoms with Crippen LogP contribution >= 0.6 is 34.3 Å². The number of phenols is 2. The quantitative estimate of drug-likeness (QED) is 0.118. The lowest BCUT2D eigenvalue weighted by Crippen LogP contribution is -2.01. The minimum absolute atomic E-state index is 0.169. The van der Waals surface area contributed by atoms with E-state index < -0.39 is 0 Å². The monoisotopic (exact) mass is 854 g/mol. The van der Waals surface area contributed by atoms with Gasteiger partial charge in [-0.15, -0.1) is 0 Å². The lowest BCUT2D eigenvalue weighted by Gasteiger charge is -2.00. The van der Waals surface area contributed by atoms with Gasteiger partial charge >= 0.3 is 0 Å². The molecule has 0 unspecified atom stereocenters. The number of rotatable bonds is 8. The van der Waals surface area contributed by atoms with E-state index in [1.165, 1.54) is 66.7 Å². The Hall–Kier alpha value is -5.70. The first-order valence-corrected chi connectivity index (χ1v) is 23.6. The first-order chi connectivity index (χ1) is 29.6. The Balaban J connectivity index is 0.000000144. The summed E-state index contributed by atoms with van der Waals surface area (Å²) in [5.41, 5.74) is 0. The second kappa shape index (κ2) is 27.9. The Kier molecular flexibility index (Phi) is 21.1. The van der Waals surface area contributed by atoms with E-state index in [1.807, 2.05) is 0 Å². The number of hydrogen-bond donors (Lipinski definition) is 2. The number of aromatic hydroxyl groups is 2. The summed E-state index contributed by atoms with van der Waals surface area (Å²) in [6.45, 7) is 0. The van der Waals surface area contributed by atoms with Gasteiger partial charge in [-0.1, -0.05) is 277 Å². The van der Waals surface area contributed by atoms with Crippen LogP contribution in [0.2, 0.25) is 0 Å². The van der Waals surface area contributed by atoms with Gasteiger partial charge in [0.15, 0.2) is 0 Å². The van der Waals surface area contributed by atoms with Gasteiger partial charge in [0.2, 0.25) is 0 Å². The zero-order valence-electron chi connectivity index (χ0n) is 33.3. The molecule has 2 N–H and O–H groups in total. The third kappa shape index (κ3) is 19.4. The molecule has 0 radical (unpaired) electrons. The molecule has 298 valence electrons. The zero-order chi connectivity index (χ0) is 41.7. The maximum atomic E-state index is 8.65. The molecule has 0 aromatic heterocycles. The van der Waals surface area contributed by atoms with Crippen LogP contribution in [-0.4, -0.2) is 10.2 Å². The van der Waals surface area contributed by atoms with Gasteiger partial charge < -0.3 is 10.2 Å². The molecule has 9 aromatic rings. The highest BCUT2D eigenvalue weighted by molar-refractivity contribution is 7.56. The molecule has 0 aliphatic heterocycles. The number of benzene rings is 9. The normalized spacial score (nSPS) is 9.73. The van der Waals surface area contributed by atoms with Crippen molar-refractivity contribution >= 4 is 76.8 Å². The van der Waals surface area contributed by atoms with Gasteiger partial charge in [0.25, 0.3) is 0 Å². The molecule has 9 rings (SSSR count). The first-order valence-electron chi connectivity index (χ1n) is 19.6. The van der Waals surface area contributed by atoms with Crippen molar-refractivity contribution in [2.45, 2.75) is 0 Å². The van der Waals surface area contributed by atoms with E-state index in [2.05, 4.69) is 243 Å². The lowest BCUT2D eigenvalue weighted by molar-refractivity contribution is 0.460. The molecule has 0 fully saturated rings. The maximum Gasteiger partial charge on any atom is 0.115 e. The van der Waals surface area contributed by atoms with E-state index in [-0.39, 0.29) is 11.5 Å². The molecule has 0 saturated heterocycles. The standard InChI is InChI=1S/4C12H11P.C6H6O2/c4*1-3-7-11(8-4-1)13-12-9-5-2-6-10-12;7-5-1-2-6(8)4-3-5/h4*1-10,13H;1-4,7-8H. The summed E-state index contributed by atoms with van der Waals surface area (Å²) in [4.78, 5) is 0. The van der Waals surface area contributed by atoms with Crippen LogP contribution in [-0.2, 0) is 0 Å². The Morgan fingerprint density at radius 2 is 0.283 bits per heavy atom. The molecule has 0 aliphatic carbocycles. The van der Waals surface area contributed by atoms with Gasteiger partial charge in [0.1, 0.15) is 11.5 Å². The fraction of sp³-hybridized carbons (Fsp3) is 0. The van der Waals surface area contributed by atoms with Crippen LogP contribution in [0.15, 0.2) is 267 Å². The lowest BCUT2D eigenvalue weighted by atomic mass is 10.3. The fourth-order valence-electron chi connectivity index (χ4n) is 5.29. The minimum atomic E-state index is 0.169. The molecule has 0 heterocycles. The summed E-state index contributed by atoms with van der Waals surface area (Å²) in [6, 6.07) is 90.3. The van der Waals surface area contributed by atoms with E-state index >= 15 is 0 Å². The summed E-state index contributed by atoms with van der Waals surface area (Å²) in [5, 5.41) is 28.5. The van der Waals surface area contributed by atoms with E-state index in [0.717, 1.165) is 34.3 Å². The van der Waals surface area contributed by atoms with E-state index in [0.29, 0.717) is 0 Å². The first kappa shape index (κ1) is 45.4. The van der Waals surface area contributed by atoms with Crippen LogP contribution in [0.25, 0.3) is 0 Å². The third-order valence-electron chi connectivity index (χ3n) is 8.19. The molecule has 0 aliphatic rings. The molecule has 0 saturated carbocycles. The molecule has 2 nitrogen and oxygen atoms in total. The topological polar surface area (TPSA) is 40.5 Å².